The van der Waals surface area contributed by atoms with Crippen molar-refractivity contribution in [2.45, 2.75) is 19.4 Å². The number of benzene rings is 1. The summed E-state index contributed by atoms with van der Waals surface area (Å²) in [6.45, 7) is 1.87. The molecule has 0 radical (unpaired) electrons. The molecule has 0 saturated carbocycles. The van der Waals surface area contributed by atoms with Crippen LogP contribution in [0.3, 0.4) is 0 Å². The Hall–Kier alpha value is -2.69. The lowest BCUT2D eigenvalue weighted by Gasteiger charge is -2.09. The second-order valence-electron chi connectivity index (χ2n) is 4.86. The summed E-state index contributed by atoms with van der Waals surface area (Å²) in [7, 11) is 0. The molecule has 2 aromatic rings. The summed E-state index contributed by atoms with van der Waals surface area (Å²) in [6, 6.07) is 15.2. The number of nitrogens with zero attached hydrogens (tertiary/aromatic N) is 2. The molecule has 5 heteroatoms. The van der Waals surface area contributed by atoms with Gasteiger partial charge in [-0.05, 0) is 24.6 Å². The monoisotopic (exact) mass is 281 g/mol. The van der Waals surface area contributed by atoms with Gasteiger partial charge in [0.1, 0.15) is 5.82 Å². The van der Waals surface area contributed by atoms with Crippen molar-refractivity contribution in [3.8, 4) is 0 Å². The molecule has 0 fully saturated rings. The number of oxime groups is 1. The number of aryl methyl sites for hydroxylation is 1. The fourth-order valence-electron chi connectivity index (χ4n) is 2.14. The zero-order valence-corrected chi connectivity index (χ0v) is 11.6. The highest BCUT2D eigenvalue weighted by molar-refractivity contribution is 6.05. The first-order valence-corrected chi connectivity index (χ1v) is 6.75. The first-order valence-electron chi connectivity index (χ1n) is 6.75. The lowest BCUT2D eigenvalue weighted by Crippen LogP contribution is -2.28. The lowest BCUT2D eigenvalue weighted by molar-refractivity contribution is -0.125. The minimum atomic E-state index is -0.609. The van der Waals surface area contributed by atoms with Crippen LogP contribution >= 0.6 is 0 Å². The average Bonchev–Trinajstić information content (AvgIpc) is 2.98. The van der Waals surface area contributed by atoms with Crippen LogP contribution in [-0.4, -0.2) is 22.7 Å². The van der Waals surface area contributed by atoms with E-state index >= 15 is 0 Å². The van der Waals surface area contributed by atoms with Gasteiger partial charge in [-0.1, -0.05) is 41.6 Å². The number of amides is 1. The Bertz CT molecular complexity index is 683. The Balaban J connectivity index is 1.64. The number of carbonyl (C=O) groups is 1. The van der Waals surface area contributed by atoms with Crippen molar-refractivity contribution in [2.75, 3.05) is 5.32 Å². The summed E-state index contributed by atoms with van der Waals surface area (Å²) in [5, 5.41) is 6.75. The Labute approximate surface area is 122 Å². The molecule has 1 unspecified atom stereocenters. The van der Waals surface area contributed by atoms with E-state index in [9.17, 15) is 4.79 Å². The molecule has 1 aliphatic rings. The maximum absolute atomic E-state index is 12.2. The number of hydrogen-bond acceptors (Lipinski definition) is 4. The summed E-state index contributed by atoms with van der Waals surface area (Å²) in [5.41, 5.74) is 2.61. The molecular weight excluding hydrogens is 266 g/mol. The molecule has 21 heavy (non-hydrogen) atoms. The van der Waals surface area contributed by atoms with Crippen LogP contribution in [0, 0.1) is 6.92 Å². The SMILES string of the molecule is Cc1cccc(NC(=O)C2CC(c3ccccc3)=NO2)n1. The zero-order valence-electron chi connectivity index (χ0n) is 11.6. The summed E-state index contributed by atoms with van der Waals surface area (Å²) in [6.07, 6.45) is -0.149. The van der Waals surface area contributed by atoms with Gasteiger partial charge in [-0.15, -0.1) is 0 Å². The fourth-order valence-corrected chi connectivity index (χ4v) is 2.14. The molecule has 1 atom stereocenters. The number of hydrogen-bond donors (Lipinski definition) is 1. The van der Waals surface area contributed by atoms with Crippen LogP contribution < -0.4 is 5.32 Å². The number of nitrogens with one attached hydrogen (secondary N) is 1. The predicted octanol–water partition coefficient (Wildman–Crippen LogP) is 2.52. The predicted molar refractivity (Wildman–Crippen MR) is 80.1 cm³/mol. The molecule has 5 nitrogen and oxygen atoms in total. The third-order valence-electron chi connectivity index (χ3n) is 3.21. The molecule has 1 aromatic heterocycles. The van der Waals surface area contributed by atoms with Crippen LogP contribution in [-0.2, 0) is 9.63 Å². The topological polar surface area (TPSA) is 63.6 Å². The van der Waals surface area contributed by atoms with E-state index in [1.165, 1.54) is 0 Å². The lowest BCUT2D eigenvalue weighted by atomic mass is 10.0. The molecule has 106 valence electrons. The maximum atomic E-state index is 12.2. The minimum Gasteiger partial charge on any atom is -0.382 e. The van der Waals surface area contributed by atoms with Crippen LogP contribution in [0.25, 0.3) is 0 Å². The van der Waals surface area contributed by atoms with Crippen molar-refractivity contribution < 1.29 is 9.63 Å². The molecule has 1 amide bonds. The summed E-state index contributed by atoms with van der Waals surface area (Å²) < 4.78 is 0. The summed E-state index contributed by atoms with van der Waals surface area (Å²) >= 11 is 0. The normalized spacial score (nSPS) is 17.0. The van der Waals surface area contributed by atoms with Gasteiger partial charge in [0.15, 0.2) is 0 Å². The van der Waals surface area contributed by atoms with E-state index < -0.39 is 6.10 Å². The Morgan fingerprint density at radius 2 is 2.00 bits per heavy atom. The quantitative estimate of drug-likeness (QED) is 0.940. The van der Waals surface area contributed by atoms with Crippen molar-refractivity contribution in [1.82, 2.24) is 4.98 Å². The Morgan fingerprint density at radius 3 is 2.76 bits per heavy atom. The van der Waals surface area contributed by atoms with Crippen molar-refractivity contribution in [3.05, 3.63) is 59.8 Å². The van der Waals surface area contributed by atoms with E-state index in [0.29, 0.717) is 12.2 Å². The van der Waals surface area contributed by atoms with Crippen LogP contribution in [0.2, 0.25) is 0 Å². The van der Waals surface area contributed by atoms with Crippen LogP contribution in [0.4, 0.5) is 5.82 Å². The first-order chi connectivity index (χ1) is 10.2. The van der Waals surface area contributed by atoms with Gasteiger partial charge in [-0.3, -0.25) is 4.79 Å². The van der Waals surface area contributed by atoms with E-state index in [0.717, 1.165) is 17.0 Å². The molecule has 0 saturated heterocycles. The number of rotatable bonds is 3. The second-order valence-corrected chi connectivity index (χ2v) is 4.86. The van der Waals surface area contributed by atoms with Gasteiger partial charge >= 0.3 is 0 Å². The van der Waals surface area contributed by atoms with Crippen LogP contribution in [0.1, 0.15) is 17.7 Å². The number of carbonyl (C=O) groups excluding carboxylic acids is 1. The molecule has 2 heterocycles. The van der Waals surface area contributed by atoms with Crippen LogP contribution in [0.15, 0.2) is 53.7 Å². The fraction of sp³-hybridized carbons (Fsp3) is 0.188. The highest BCUT2D eigenvalue weighted by Gasteiger charge is 2.29. The first kappa shape index (κ1) is 13.3. The highest BCUT2D eigenvalue weighted by atomic mass is 16.6. The Kier molecular flexibility index (Phi) is 3.64. The van der Waals surface area contributed by atoms with E-state index in [1.807, 2.05) is 49.4 Å². The highest BCUT2D eigenvalue weighted by Crippen LogP contribution is 2.18. The number of anilines is 1. The van der Waals surface area contributed by atoms with Gasteiger partial charge in [0.2, 0.25) is 6.10 Å². The minimum absolute atomic E-state index is 0.234. The molecule has 1 aliphatic heterocycles. The molecule has 0 aliphatic carbocycles. The van der Waals surface area contributed by atoms with Crippen LogP contribution in [0.5, 0.6) is 0 Å². The van der Waals surface area contributed by atoms with Gasteiger partial charge in [0.05, 0.1) is 5.71 Å². The second kappa shape index (κ2) is 5.75. The van der Waals surface area contributed by atoms with E-state index in [2.05, 4.69) is 15.5 Å². The summed E-state index contributed by atoms with van der Waals surface area (Å²) in [4.78, 5) is 21.6. The number of aromatic nitrogens is 1. The largest absolute Gasteiger partial charge is 0.382 e. The molecule has 1 N–H and O–H groups in total. The molecule has 1 aromatic carbocycles. The van der Waals surface area contributed by atoms with Crippen molar-refractivity contribution in [1.29, 1.82) is 0 Å². The zero-order chi connectivity index (χ0) is 14.7. The molecule has 0 bridgehead atoms. The van der Waals surface area contributed by atoms with Gasteiger partial charge in [-0.25, -0.2) is 4.98 Å². The number of pyridine rings is 1. The van der Waals surface area contributed by atoms with Crippen molar-refractivity contribution in [2.24, 2.45) is 5.16 Å². The van der Waals surface area contributed by atoms with Gasteiger partial charge in [-0.2, -0.15) is 0 Å². The van der Waals surface area contributed by atoms with Crippen molar-refractivity contribution >= 4 is 17.4 Å². The molecular formula is C16H15N3O2. The molecule has 0 spiro atoms. The third-order valence-corrected chi connectivity index (χ3v) is 3.21. The van der Waals surface area contributed by atoms with E-state index in [1.54, 1.807) is 6.07 Å². The van der Waals surface area contributed by atoms with Crippen molar-refractivity contribution in [3.63, 3.8) is 0 Å². The van der Waals surface area contributed by atoms with Gasteiger partial charge in [0, 0.05) is 12.1 Å². The standard InChI is InChI=1S/C16H15N3O2/c1-11-6-5-9-15(17-11)18-16(20)14-10-13(19-21-14)12-7-3-2-4-8-12/h2-9,14H,10H2,1H3,(H,17,18,20). The average molecular weight is 281 g/mol. The third kappa shape index (κ3) is 3.08. The smallest absolute Gasteiger partial charge is 0.269 e. The van der Waals surface area contributed by atoms with Gasteiger partial charge < -0.3 is 10.2 Å². The maximum Gasteiger partial charge on any atom is 0.269 e. The van der Waals surface area contributed by atoms with E-state index in [4.69, 9.17) is 4.84 Å². The summed E-state index contributed by atoms with van der Waals surface area (Å²) in [5.74, 6) is 0.291. The molecule has 3 rings (SSSR count). The van der Waals surface area contributed by atoms with E-state index in [-0.39, 0.29) is 5.91 Å². The van der Waals surface area contributed by atoms with Gasteiger partial charge in [0.25, 0.3) is 5.91 Å². The Morgan fingerprint density at radius 1 is 1.19 bits per heavy atom.